The molecule has 1 aromatic heterocycles. The van der Waals surface area contributed by atoms with Crippen molar-refractivity contribution in [2.45, 2.75) is 40.7 Å². The van der Waals surface area contributed by atoms with Crippen LogP contribution in [0.5, 0.6) is 0 Å². The first-order valence-corrected chi connectivity index (χ1v) is 9.10. The molecule has 1 saturated heterocycles. The molecule has 1 unspecified atom stereocenters. The minimum absolute atomic E-state index is 0.00467. The summed E-state index contributed by atoms with van der Waals surface area (Å²) in [6.07, 6.45) is 0.784. The van der Waals surface area contributed by atoms with E-state index in [1.165, 1.54) is 11.3 Å². The largest absolute Gasteiger partial charge is 0.347 e. The molecular weight excluding hydrogens is 318 g/mol. The van der Waals surface area contributed by atoms with Crippen LogP contribution in [0.15, 0.2) is 0 Å². The molecule has 7 heteroatoms. The van der Waals surface area contributed by atoms with Gasteiger partial charge >= 0.3 is 0 Å². The van der Waals surface area contributed by atoms with Crippen molar-refractivity contribution in [3.05, 3.63) is 17.0 Å². The minimum Gasteiger partial charge on any atom is -0.347 e. The molecule has 1 aliphatic rings. The van der Waals surface area contributed by atoms with Gasteiger partial charge in [-0.1, -0.05) is 13.8 Å². The van der Waals surface area contributed by atoms with Gasteiger partial charge in [-0.05, 0) is 20.3 Å². The number of amides is 2. The van der Waals surface area contributed by atoms with Crippen molar-refractivity contribution in [3.63, 3.8) is 0 Å². The van der Waals surface area contributed by atoms with E-state index >= 15 is 0 Å². The monoisotopic (exact) mass is 349 g/mol. The summed E-state index contributed by atoms with van der Waals surface area (Å²) < 4.78 is 1.92. The normalized spacial score (nSPS) is 16.8. The van der Waals surface area contributed by atoms with E-state index in [4.69, 9.17) is 0 Å². The van der Waals surface area contributed by atoms with Gasteiger partial charge in [0.25, 0.3) is 0 Å². The van der Waals surface area contributed by atoms with Crippen molar-refractivity contribution in [2.24, 2.45) is 13.0 Å². The number of piperazine rings is 1. The van der Waals surface area contributed by atoms with Gasteiger partial charge in [0, 0.05) is 56.9 Å². The third-order valence-corrected chi connectivity index (χ3v) is 5.24. The number of nitrogens with zero attached hydrogens (tertiary/aromatic N) is 4. The van der Waals surface area contributed by atoms with Crippen molar-refractivity contribution in [1.82, 2.24) is 24.9 Å². The van der Waals surface area contributed by atoms with Crippen LogP contribution in [0.4, 0.5) is 0 Å². The topological polar surface area (TPSA) is 70.5 Å². The van der Waals surface area contributed by atoms with Crippen molar-refractivity contribution in [1.29, 1.82) is 0 Å². The maximum atomic E-state index is 12.3. The Bertz CT molecular complexity index is 617. The summed E-state index contributed by atoms with van der Waals surface area (Å²) in [6.45, 7) is 12.1. The summed E-state index contributed by atoms with van der Waals surface area (Å²) >= 11 is 0. The zero-order valence-corrected chi connectivity index (χ0v) is 16.1. The molecule has 1 atom stereocenters. The lowest BCUT2D eigenvalue weighted by Crippen LogP contribution is -2.51. The molecule has 1 N–H and O–H groups in total. The smallest absolute Gasteiger partial charge is 0.242 e. The SMILES string of the molecule is CCC(C)C(=O)NCC(=O)N1CCN(Cc2c(C)nn(C)c2C)CC1. The maximum absolute atomic E-state index is 12.3. The Morgan fingerprint density at radius 2 is 1.84 bits per heavy atom. The molecular formula is C18H31N5O2. The Morgan fingerprint density at radius 1 is 1.20 bits per heavy atom. The average Bonchev–Trinajstić information content (AvgIpc) is 2.85. The standard InChI is InChI=1S/C18H31N5O2/c1-6-13(2)18(25)19-11-17(24)23-9-7-22(8-10-23)12-16-14(3)20-21(5)15(16)4/h13H,6-12H2,1-5H3,(H,19,25). The zero-order valence-electron chi connectivity index (χ0n) is 16.1. The third kappa shape index (κ3) is 4.81. The van der Waals surface area contributed by atoms with Crippen LogP contribution in [0.1, 0.15) is 37.2 Å². The molecule has 2 rings (SSSR count). The fraction of sp³-hybridized carbons (Fsp3) is 0.722. The number of aryl methyl sites for hydroxylation is 2. The summed E-state index contributed by atoms with van der Waals surface area (Å²) in [4.78, 5) is 28.3. The number of carbonyl (C=O) groups is 2. The second kappa shape index (κ2) is 8.47. The summed E-state index contributed by atoms with van der Waals surface area (Å²) in [5.41, 5.74) is 3.55. The number of aromatic nitrogens is 2. The first-order chi connectivity index (χ1) is 11.8. The molecule has 0 spiro atoms. The van der Waals surface area contributed by atoms with Crippen LogP contribution in [-0.4, -0.2) is 64.1 Å². The van der Waals surface area contributed by atoms with E-state index < -0.39 is 0 Å². The van der Waals surface area contributed by atoms with Crippen LogP contribution in [-0.2, 0) is 23.2 Å². The summed E-state index contributed by atoms with van der Waals surface area (Å²) in [5, 5.41) is 7.21. The molecule has 0 bridgehead atoms. The average molecular weight is 349 g/mol. The van der Waals surface area contributed by atoms with E-state index in [1.54, 1.807) is 0 Å². The van der Waals surface area contributed by atoms with Gasteiger partial charge in [0.15, 0.2) is 0 Å². The first-order valence-electron chi connectivity index (χ1n) is 9.10. The van der Waals surface area contributed by atoms with Crippen molar-refractivity contribution < 1.29 is 9.59 Å². The molecule has 2 amide bonds. The van der Waals surface area contributed by atoms with Gasteiger partial charge in [0.05, 0.1) is 12.2 Å². The Hall–Kier alpha value is -1.89. The van der Waals surface area contributed by atoms with Crippen LogP contribution >= 0.6 is 0 Å². The second-order valence-electron chi connectivity index (χ2n) is 6.96. The highest BCUT2D eigenvalue weighted by Gasteiger charge is 2.23. The van der Waals surface area contributed by atoms with E-state index in [0.29, 0.717) is 13.1 Å². The second-order valence-corrected chi connectivity index (χ2v) is 6.96. The highest BCUT2D eigenvalue weighted by molar-refractivity contribution is 5.85. The van der Waals surface area contributed by atoms with Crippen molar-refractivity contribution in [2.75, 3.05) is 32.7 Å². The quantitative estimate of drug-likeness (QED) is 0.826. The van der Waals surface area contributed by atoms with E-state index in [-0.39, 0.29) is 24.3 Å². The summed E-state index contributed by atoms with van der Waals surface area (Å²) in [7, 11) is 1.97. The predicted octanol–water partition coefficient (Wildman–Crippen LogP) is 0.843. The Kier molecular flexibility index (Phi) is 6.58. The minimum atomic E-state index is -0.0457. The van der Waals surface area contributed by atoms with Crippen LogP contribution in [0, 0.1) is 19.8 Å². The van der Waals surface area contributed by atoms with Crippen LogP contribution < -0.4 is 5.32 Å². The van der Waals surface area contributed by atoms with Crippen molar-refractivity contribution in [3.8, 4) is 0 Å². The molecule has 140 valence electrons. The number of nitrogens with one attached hydrogen (secondary N) is 1. The molecule has 1 aliphatic heterocycles. The molecule has 2 heterocycles. The van der Waals surface area contributed by atoms with Gasteiger partial charge in [-0.3, -0.25) is 19.2 Å². The summed E-state index contributed by atoms with van der Waals surface area (Å²) in [5.74, 6) is -0.0855. The van der Waals surface area contributed by atoms with Crippen LogP contribution in [0.3, 0.4) is 0 Å². The van der Waals surface area contributed by atoms with Gasteiger partial charge in [-0.15, -0.1) is 0 Å². The van der Waals surface area contributed by atoms with E-state index in [0.717, 1.165) is 31.7 Å². The molecule has 0 saturated carbocycles. The first kappa shape index (κ1) is 19.4. The lowest BCUT2D eigenvalue weighted by molar-refractivity contribution is -0.135. The predicted molar refractivity (Wildman–Crippen MR) is 97.0 cm³/mol. The number of hydrogen-bond acceptors (Lipinski definition) is 4. The molecule has 7 nitrogen and oxygen atoms in total. The highest BCUT2D eigenvalue weighted by Crippen LogP contribution is 2.16. The van der Waals surface area contributed by atoms with Gasteiger partial charge < -0.3 is 10.2 Å². The van der Waals surface area contributed by atoms with Gasteiger partial charge in [-0.25, -0.2) is 0 Å². The number of rotatable bonds is 6. The lowest BCUT2D eigenvalue weighted by atomic mass is 10.1. The Morgan fingerprint density at radius 3 is 2.36 bits per heavy atom. The van der Waals surface area contributed by atoms with Crippen molar-refractivity contribution >= 4 is 11.8 Å². The van der Waals surface area contributed by atoms with Crippen LogP contribution in [0.2, 0.25) is 0 Å². The molecule has 0 aliphatic carbocycles. The van der Waals surface area contributed by atoms with E-state index in [1.807, 2.05) is 37.4 Å². The highest BCUT2D eigenvalue weighted by atomic mass is 16.2. The van der Waals surface area contributed by atoms with Crippen LogP contribution in [0.25, 0.3) is 0 Å². The third-order valence-electron chi connectivity index (χ3n) is 5.24. The van der Waals surface area contributed by atoms with E-state index in [9.17, 15) is 9.59 Å². The van der Waals surface area contributed by atoms with Gasteiger partial charge in [-0.2, -0.15) is 5.10 Å². The molecule has 1 fully saturated rings. The molecule has 25 heavy (non-hydrogen) atoms. The number of hydrogen-bond donors (Lipinski definition) is 1. The fourth-order valence-electron chi connectivity index (χ4n) is 3.06. The van der Waals surface area contributed by atoms with Gasteiger partial charge in [0.2, 0.25) is 11.8 Å². The Labute approximate surface area is 150 Å². The molecule has 0 aromatic carbocycles. The zero-order chi connectivity index (χ0) is 18.6. The lowest BCUT2D eigenvalue weighted by Gasteiger charge is -2.35. The number of carbonyl (C=O) groups excluding carboxylic acids is 2. The Balaban J connectivity index is 1.79. The summed E-state index contributed by atoms with van der Waals surface area (Å²) in [6, 6.07) is 0. The molecule has 0 radical (unpaired) electrons. The molecule has 1 aromatic rings. The van der Waals surface area contributed by atoms with E-state index in [2.05, 4.69) is 22.2 Å². The fourth-order valence-corrected chi connectivity index (χ4v) is 3.06. The maximum Gasteiger partial charge on any atom is 0.242 e. The van der Waals surface area contributed by atoms with Gasteiger partial charge in [0.1, 0.15) is 0 Å².